The van der Waals surface area contributed by atoms with Gasteiger partial charge in [-0.25, -0.2) is 4.79 Å². The minimum atomic E-state index is -0.476. The van der Waals surface area contributed by atoms with E-state index in [0.29, 0.717) is 0 Å². The topological polar surface area (TPSA) is 53.6 Å². The van der Waals surface area contributed by atoms with E-state index in [9.17, 15) is 4.79 Å². The van der Waals surface area contributed by atoms with E-state index in [-0.39, 0.29) is 12.1 Å². The molecule has 0 aliphatic carbocycles. The van der Waals surface area contributed by atoms with Crippen molar-refractivity contribution >= 4 is 11.8 Å². The fourth-order valence-electron chi connectivity index (χ4n) is 2.46. The van der Waals surface area contributed by atoms with Crippen molar-refractivity contribution in [1.29, 1.82) is 0 Å². The third-order valence-electron chi connectivity index (χ3n) is 3.61. The summed E-state index contributed by atoms with van der Waals surface area (Å²) in [6, 6.07) is 8.30. The molecule has 1 amide bonds. The molecular formula is C17H27N3O2. The summed E-state index contributed by atoms with van der Waals surface area (Å²) in [5.41, 5.74) is 1.83. The number of carbonyl (C=O) groups is 1. The van der Waals surface area contributed by atoms with E-state index in [1.807, 2.05) is 27.7 Å². The second kappa shape index (κ2) is 7.01. The van der Waals surface area contributed by atoms with Crippen molar-refractivity contribution in [3.8, 4) is 0 Å². The van der Waals surface area contributed by atoms with Gasteiger partial charge in [0.15, 0.2) is 0 Å². The molecule has 1 aromatic rings. The summed E-state index contributed by atoms with van der Waals surface area (Å²) < 4.78 is 5.28. The molecule has 1 aromatic carbocycles. The van der Waals surface area contributed by atoms with Crippen LogP contribution in [0.1, 0.15) is 39.3 Å². The molecule has 0 unspecified atom stereocenters. The second-order valence-corrected chi connectivity index (χ2v) is 6.70. The Morgan fingerprint density at radius 2 is 1.82 bits per heavy atom. The SMILES string of the molecule is C[C@H](NC(=O)OC(C)(C)C)c1ccc(N2CCNCC2)cc1. The Labute approximate surface area is 133 Å². The van der Waals surface area contributed by atoms with Gasteiger partial charge in [-0.3, -0.25) is 0 Å². The Balaban J connectivity index is 1.93. The maximum atomic E-state index is 11.8. The number of hydrogen-bond acceptors (Lipinski definition) is 4. The number of ether oxygens (including phenoxy) is 1. The highest BCUT2D eigenvalue weighted by Crippen LogP contribution is 2.20. The maximum absolute atomic E-state index is 11.8. The fourth-order valence-corrected chi connectivity index (χ4v) is 2.46. The summed E-state index contributed by atoms with van der Waals surface area (Å²) in [6.07, 6.45) is -0.383. The van der Waals surface area contributed by atoms with Gasteiger partial charge in [0.2, 0.25) is 0 Å². The van der Waals surface area contributed by atoms with Crippen molar-refractivity contribution in [2.45, 2.75) is 39.3 Å². The summed E-state index contributed by atoms with van der Waals surface area (Å²) in [4.78, 5) is 14.2. The molecule has 122 valence electrons. The van der Waals surface area contributed by atoms with Gasteiger partial charge in [0.1, 0.15) is 5.60 Å². The molecule has 1 aliphatic heterocycles. The van der Waals surface area contributed by atoms with Crippen LogP contribution in [0.5, 0.6) is 0 Å². The van der Waals surface area contributed by atoms with Crippen molar-refractivity contribution in [3.05, 3.63) is 29.8 Å². The Morgan fingerprint density at radius 3 is 2.36 bits per heavy atom. The van der Waals surface area contributed by atoms with Gasteiger partial charge in [-0.1, -0.05) is 12.1 Å². The standard InChI is InChI=1S/C17H27N3O2/c1-13(19-16(21)22-17(2,3)4)14-5-7-15(8-6-14)20-11-9-18-10-12-20/h5-8,13,18H,9-12H2,1-4H3,(H,19,21)/t13-/m0/s1. The van der Waals surface area contributed by atoms with E-state index in [0.717, 1.165) is 31.7 Å². The largest absolute Gasteiger partial charge is 0.444 e. The molecule has 0 bridgehead atoms. The van der Waals surface area contributed by atoms with Crippen LogP contribution in [0.4, 0.5) is 10.5 Å². The van der Waals surface area contributed by atoms with Gasteiger partial charge >= 0.3 is 6.09 Å². The first-order chi connectivity index (χ1) is 10.3. The number of rotatable bonds is 3. The Morgan fingerprint density at radius 1 is 1.23 bits per heavy atom. The van der Waals surface area contributed by atoms with E-state index in [2.05, 4.69) is 39.8 Å². The van der Waals surface area contributed by atoms with Gasteiger partial charge in [0.25, 0.3) is 0 Å². The van der Waals surface area contributed by atoms with E-state index in [4.69, 9.17) is 4.74 Å². The minimum Gasteiger partial charge on any atom is -0.444 e. The predicted octanol–water partition coefficient (Wildman–Crippen LogP) is 2.68. The van der Waals surface area contributed by atoms with Gasteiger partial charge in [-0.2, -0.15) is 0 Å². The molecule has 0 saturated carbocycles. The lowest BCUT2D eigenvalue weighted by atomic mass is 10.1. The summed E-state index contributed by atoms with van der Waals surface area (Å²) in [6.45, 7) is 11.7. The van der Waals surface area contributed by atoms with Crippen LogP contribution in [0, 0.1) is 0 Å². The van der Waals surface area contributed by atoms with Crippen LogP contribution in [0.25, 0.3) is 0 Å². The van der Waals surface area contributed by atoms with Crippen molar-refractivity contribution in [2.75, 3.05) is 31.1 Å². The molecule has 2 N–H and O–H groups in total. The zero-order valence-corrected chi connectivity index (χ0v) is 14.0. The average molecular weight is 305 g/mol. The van der Waals surface area contributed by atoms with Crippen molar-refractivity contribution in [2.24, 2.45) is 0 Å². The van der Waals surface area contributed by atoms with Crippen LogP contribution in [0.2, 0.25) is 0 Å². The molecule has 5 heteroatoms. The number of piperazine rings is 1. The Kier molecular flexibility index (Phi) is 5.29. The second-order valence-electron chi connectivity index (χ2n) is 6.70. The van der Waals surface area contributed by atoms with E-state index < -0.39 is 5.60 Å². The van der Waals surface area contributed by atoms with Crippen LogP contribution in [0.15, 0.2) is 24.3 Å². The molecule has 1 saturated heterocycles. The lowest BCUT2D eigenvalue weighted by Crippen LogP contribution is -2.43. The average Bonchev–Trinajstić information content (AvgIpc) is 2.46. The number of anilines is 1. The number of hydrogen-bond donors (Lipinski definition) is 2. The van der Waals surface area contributed by atoms with Crippen LogP contribution < -0.4 is 15.5 Å². The number of amides is 1. The quantitative estimate of drug-likeness (QED) is 0.901. The van der Waals surface area contributed by atoms with Crippen molar-refractivity contribution < 1.29 is 9.53 Å². The summed E-state index contributed by atoms with van der Waals surface area (Å²) >= 11 is 0. The zero-order valence-electron chi connectivity index (χ0n) is 14.0. The molecule has 0 radical (unpaired) electrons. The van der Waals surface area contributed by atoms with Gasteiger partial charge in [0.05, 0.1) is 6.04 Å². The normalized spacial score (nSPS) is 17.0. The summed E-state index contributed by atoms with van der Waals surface area (Å²) in [5.74, 6) is 0. The molecule has 1 fully saturated rings. The van der Waals surface area contributed by atoms with Gasteiger partial charge < -0.3 is 20.3 Å². The molecule has 1 atom stereocenters. The summed E-state index contributed by atoms with van der Waals surface area (Å²) in [7, 11) is 0. The van der Waals surface area contributed by atoms with Crippen LogP contribution in [0.3, 0.4) is 0 Å². The number of benzene rings is 1. The monoisotopic (exact) mass is 305 g/mol. The lowest BCUT2D eigenvalue weighted by Gasteiger charge is -2.29. The van der Waals surface area contributed by atoms with Crippen LogP contribution in [-0.4, -0.2) is 37.9 Å². The van der Waals surface area contributed by atoms with E-state index in [1.54, 1.807) is 0 Å². The highest BCUT2D eigenvalue weighted by molar-refractivity contribution is 5.68. The van der Waals surface area contributed by atoms with Crippen molar-refractivity contribution in [1.82, 2.24) is 10.6 Å². The van der Waals surface area contributed by atoms with Gasteiger partial charge in [-0.05, 0) is 45.4 Å². The summed E-state index contributed by atoms with van der Waals surface area (Å²) in [5, 5.41) is 6.22. The number of alkyl carbamates (subject to hydrolysis) is 1. The molecule has 2 rings (SSSR count). The van der Waals surface area contributed by atoms with Crippen molar-refractivity contribution in [3.63, 3.8) is 0 Å². The van der Waals surface area contributed by atoms with Crippen LogP contribution in [-0.2, 0) is 4.74 Å². The number of carbonyl (C=O) groups excluding carboxylic acids is 1. The minimum absolute atomic E-state index is 0.0769. The fraction of sp³-hybridized carbons (Fsp3) is 0.588. The van der Waals surface area contributed by atoms with Crippen LogP contribution >= 0.6 is 0 Å². The molecule has 0 aromatic heterocycles. The first kappa shape index (κ1) is 16.6. The van der Waals surface area contributed by atoms with E-state index >= 15 is 0 Å². The van der Waals surface area contributed by atoms with E-state index in [1.165, 1.54) is 5.69 Å². The van der Waals surface area contributed by atoms with Gasteiger partial charge in [0, 0.05) is 31.9 Å². The molecule has 1 heterocycles. The maximum Gasteiger partial charge on any atom is 0.408 e. The number of nitrogens with zero attached hydrogens (tertiary/aromatic N) is 1. The number of nitrogens with one attached hydrogen (secondary N) is 2. The van der Waals surface area contributed by atoms with Gasteiger partial charge in [-0.15, -0.1) is 0 Å². The molecule has 22 heavy (non-hydrogen) atoms. The lowest BCUT2D eigenvalue weighted by molar-refractivity contribution is 0.0508. The predicted molar refractivity (Wildman–Crippen MR) is 89.3 cm³/mol. The highest BCUT2D eigenvalue weighted by atomic mass is 16.6. The Hall–Kier alpha value is -1.75. The first-order valence-corrected chi connectivity index (χ1v) is 7.90. The third-order valence-corrected chi connectivity index (χ3v) is 3.61. The smallest absolute Gasteiger partial charge is 0.408 e. The zero-order chi connectivity index (χ0) is 16.2. The Bertz CT molecular complexity index is 488. The third kappa shape index (κ3) is 4.91. The molecule has 5 nitrogen and oxygen atoms in total. The highest BCUT2D eigenvalue weighted by Gasteiger charge is 2.18. The molecule has 1 aliphatic rings. The molecule has 0 spiro atoms. The molecular weight excluding hydrogens is 278 g/mol. The first-order valence-electron chi connectivity index (χ1n) is 7.90.